The summed E-state index contributed by atoms with van der Waals surface area (Å²) in [5, 5.41) is 15.8. The maximum Gasteiger partial charge on any atom is 0.353 e. The van der Waals surface area contributed by atoms with Crippen molar-refractivity contribution in [3.05, 3.63) is 10.6 Å². The van der Waals surface area contributed by atoms with Gasteiger partial charge in [-0.3, -0.25) is 14.4 Å². The second-order valence-electron chi connectivity index (χ2n) is 8.26. The number of thioether (sulfide) groups is 1. The molecule has 0 aromatic rings. The highest BCUT2D eigenvalue weighted by Crippen LogP contribution is 2.51. The Bertz CT molecular complexity index is 800. The molecule has 166 valence electrons. The average molecular weight is 440 g/mol. The minimum absolute atomic E-state index is 0.00598. The van der Waals surface area contributed by atoms with Gasteiger partial charge in [-0.25, -0.2) is 4.79 Å². The molecule has 3 rings (SSSR count). The molecule has 10 nitrogen and oxygen atoms in total. The van der Waals surface area contributed by atoms with Crippen molar-refractivity contribution in [2.24, 2.45) is 17.6 Å². The Morgan fingerprint density at radius 3 is 2.63 bits per heavy atom. The van der Waals surface area contributed by atoms with Crippen LogP contribution in [0.5, 0.6) is 0 Å². The quantitative estimate of drug-likeness (QED) is 0.361. The average Bonchev–Trinajstić information content (AvgIpc) is 3.23. The van der Waals surface area contributed by atoms with Crippen molar-refractivity contribution in [3.8, 4) is 0 Å². The molecule has 3 aliphatic rings. The van der Waals surface area contributed by atoms with Crippen molar-refractivity contribution in [1.29, 1.82) is 0 Å². The summed E-state index contributed by atoms with van der Waals surface area (Å²) in [6.07, 6.45) is 0.593. The molecule has 6 atom stereocenters. The number of carbonyl (C=O) groups is 4. The van der Waals surface area contributed by atoms with Crippen LogP contribution in [0.1, 0.15) is 20.3 Å². The van der Waals surface area contributed by atoms with E-state index in [2.05, 4.69) is 10.6 Å². The number of amides is 3. The minimum atomic E-state index is -1.14. The van der Waals surface area contributed by atoms with Gasteiger partial charge in [-0.05, 0) is 13.3 Å². The SMILES string of the molecule is C[C@@H](NC(=O)CN)[C@H]1C(=O)N2C(C(=O)O)=C(S[C@@H]3CNC(C(=O)N(C)C)C3)[C@H](C)[C@H]12. The van der Waals surface area contributed by atoms with E-state index in [-0.39, 0.29) is 53.2 Å². The number of aliphatic carboxylic acids is 1. The highest BCUT2D eigenvalue weighted by Gasteiger charge is 2.60. The monoisotopic (exact) mass is 439 g/mol. The van der Waals surface area contributed by atoms with Gasteiger partial charge in [0.15, 0.2) is 0 Å². The number of carbonyl (C=O) groups excluding carboxylic acids is 3. The molecule has 3 heterocycles. The molecule has 0 aromatic carbocycles. The fourth-order valence-corrected chi connectivity index (χ4v) is 6.05. The fourth-order valence-electron chi connectivity index (χ4n) is 4.57. The van der Waals surface area contributed by atoms with Gasteiger partial charge in [0.1, 0.15) is 5.70 Å². The molecule has 0 aliphatic carbocycles. The van der Waals surface area contributed by atoms with Crippen molar-refractivity contribution < 1.29 is 24.3 Å². The first-order valence-electron chi connectivity index (χ1n) is 9.99. The molecule has 11 heteroatoms. The van der Waals surface area contributed by atoms with E-state index in [9.17, 15) is 24.3 Å². The van der Waals surface area contributed by atoms with E-state index >= 15 is 0 Å². The van der Waals surface area contributed by atoms with Gasteiger partial charge in [0.05, 0.1) is 24.5 Å². The Kier molecular flexibility index (Phi) is 6.44. The van der Waals surface area contributed by atoms with E-state index in [0.29, 0.717) is 17.9 Å². The van der Waals surface area contributed by atoms with E-state index in [1.807, 2.05) is 6.92 Å². The van der Waals surface area contributed by atoms with Crippen LogP contribution >= 0.6 is 11.8 Å². The summed E-state index contributed by atoms with van der Waals surface area (Å²) >= 11 is 1.44. The number of β-lactam (4-membered cyclic amide) rings is 1. The van der Waals surface area contributed by atoms with Crippen molar-refractivity contribution in [3.63, 3.8) is 0 Å². The summed E-state index contributed by atoms with van der Waals surface area (Å²) in [4.78, 5) is 52.2. The zero-order valence-electron chi connectivity index (χ0n) is 17.5. The molecular weight excluding hydrogens is 410 g/mol. The lowest BCUT2D eigenvalue weighted by molar-refractivity contribution is -0.158. The van der Waals surface area contributed by atoms with Gasteiger partial charge in [0.25, 0.3) is 0 Å². The first-order valence-corrected chi connectivity index (χ1v) is 10.9. The third kappa shape index (κ3) is 3.81. The van der Waals surface area contributed by atoms with Gasteiger partial charge in [-0.2, -0.15) is 0 Å². The number of hydrogen-bond acceptors (Lipinski definition) is 7. The number of hydrogen-bond donors (Lipinski definition) is 4. The van der Waals surface area contributed by atoms with Gasteiger partial charge in [-0.1, -0.05) is 6.92 Å². The molecule has 2 saturated heterocycles. The fraction of sp³-hybridized carbons (Fsp3) is 0.684. The number of nitrogens with zero attached hydrogens (tertiary/aromatic N) is 2. The Morgan fingerprint density at radius 1 is 1.40 bits per heavy atom. The topological polar surface area (TPSA) is 145 Å². The van der Waals surface area contributed by atoms with Gasteiger partial charge >= 0.3 is 5.97 Å². The van der Waals surface area contributed by atoms with Crippen LogP contribution in [0.25, 0.3) is 0 Å². The van der Waals surface area contributed by atoms with Gasteiger partial charge in [-0.15, -0.1) is 11.8 Å². The lowest BCUT2D eigenvalue weighted by atomic mass is 9.78. The molecule has 0 bridgehead atoms. The van der Waals surface area contributed by atoms with Crippen molar-refractivity contribution >= 4 is 35.5 Å². The summed E-state index contributed by atoms with van der Waals surface area (Å²) in [5.41, 5.74) is 5.37. The smallest absolute Gasteiger partial charge is 0.353 e. The Labute approximate surface area is 179 Å². The third-order valence-electron chi connectivity index (χ3n) is 6.03. The summed E-state index contributed by atoms with van der Waals surface area (Å²) in [6, 6.07) is -1.04. The summed E-state index contributed by atoms with van der Waals surface area (Å²) in [6.45, 7) is 4.07. The molecule has 0 radical (unpaired) electrons. The summed E-state index contributed by atoms with van der Waals surface area (Å²) in [5.74, 6) is -2.46. The standard InChI is InChI=1S/C19H29N5O5S/c1-8-14-13(9(2)22-12(25)6-20)18(27)24(14)15(19(28)29)16(8)30-10-5-11(21-7-10)17(26)23(3)4/h8-11,13-14,21H,5-7,20H2,1-4H3,(H,22,25)(H,28,29)/t8-,9-,10+,11?,13-,14-/m1/s1. The summed E-state index contributed by atoms with van der Waals surface area (Å²) in [7, 11) is 3.41. The molecule has 2 fully saturated rings. The predicted molar refractivity (Wildman–Crippen MR) is 111 cm³/mol. The Balaban J connectivity index is 1.76. The van der Waals surface area contributed by atoms with E-state index in [1.165, 1.54) is 21.6 Å². The minimum Gasteiger partial charge on any atom is -0.477 e. The van der Waals surface area contributed by atoms with Crippen LogP contribution < -0.4 is 16.4 Å². The number of carboxylic acid groups (broad SMARTS) is 1. The largest absolute Gasteiger partial charge is 0.477 e. The molecular formula is C19H29N5O5S. The Hall–Kier alpha value is -2.11. The molecule has 0 spiro atoms. The number of rotatable bonds is 7. The Morgan fingerprint density at radius 2 is 2.07 bits per heavy atom. The molecule has 0 saturated carbocycles. The molecule has 3 aliphatic heterocycles. The molecule has 1 unspecified atom stereocenters. The van der Waals surface area contributed by atoms with E-state index in [0.717, 1.165) is 0 Å². The highest BCUT2D eigenvalue weighted by atomic mass is 32.2. The van der Waals surface area contributed by atoms with Crippen LogP contribution in [0.4, 0.5) is 0 Å². The van der Waals surface area contributed by atoms with Crippen LogP contribution in [0, 0.1) is 11.8 Å². The van der Waals surface area contributed by atoms with E-state index in [1.54, 1.807) is 21.0 Å². The van der Waals surface area contributed by atoms with E-state index in [4.69, 9.17) is 5.73 Å². The zero-order chi connectivity index (χ0) is 22.3. The van der Waals surface area contributed by atoms with Gasteiger partial charge < -0.3 is 31.3 Å². The number of carboxylic acids is 1. The molecule has 3 amide bonds. The van der Waals surface area contributed by atoms with Crippen LogP contribution in [0.15, 0.2) is 10.6 Å². The second-order valence-corrected chi connectivity index (χ2v) is 9.60. The van der Waals surface area contributed by atoms with Crippen LogP contribution in [0.2, 0.25) is 0 Å². The predicted octanol–water partition coefficient (Wildman–Crippen LogP) is -1.23. The molecule has 0 aromatic heterocycles. The van der Waals surface area contributed by atoms with Crippen LogP contribution in [-0.2, 0) is 19.2 Å². The molecule has 5 N–H and O–H groups in total. The maximum absolute atomic E-state index is 12.8. The van der Waals surface area contributed by atoms with Crippen molar-refractivity contribution in [2.45, 2.75) is 43.6 Å². The number of nitrogens with two attached hydrogens (primary N) is 1. The lowest BCUT2D eigenvalue weighted by Crippen LogP contribution is -2.66. The van der Waals surface area contributed by atoms with Crippen LogP contribution in [-0.4, -0.2) is 89.2 Å². The lowest BCUT2D eigenvalue weighted by Gasteiger charge is -2.47. The maximum atomic E-state index is 12.8. The van der Waals surface area contributed by atoms with Crippen LogP contribution in [0.3, 0.4) is 0 Å². The summed E-state index contributed by atoms with van der Waals surface area (Å²) < 4.78 is 0. The van der Waals surface area contributed by atoms with E-state index < -0.39 is 17.9 Å². The first-order chi connectivity index (χ1) is 14.1. The first kappa shape index (κ1) is 22.6. The third-order valence-corrected chi connectivity index (χ3v) is 7.54. The van der Waals surface area contributed by atoms with Crippen molar-refractivity contribution in [1.82, 2.24) is 20.4 Å². The normalized spacial score (nSPS) is 31.3. The number of fused-ring (bicyclic) bond motifs is 1. The van der Waals surface area contributed by atoms with Gasteiger partial charge in [0.2, 0.25) is 17.7 Å². The zero-order valence-corrected chi connectivity index (χ0v) is 18.4. The second kappa shape index (κ2) is 8.56. The highest BCUT2D eigenvalue weighted by molar-refractivity contribution is 8.03. The number of likely N-dealkylation sites (N-methyl/N-ethyl adjacent to an activating group) is 1. The molecule has 30 heavy (non-hydrogen) atoms. The number of nitrogens with one attached hydrogen (secondary N) is 2. The van der Waals surface area contributed by atoms with Crippen molar-refractivity contribution in [2.75, 3.05) is 27.2 Å². The van der Waals surface area contributed by atoms with Gasteiger partial charge in [0, 0.05) is 42.8 Å².